The van der Waals surface area contributed by atoms with Gasteiger partial charge in [0.1, 0.15) is 11.5 Å². The fraction of sp³-hybridized carbons (Fsp3) is 0.560. The Bertz CT molecular complexity index is 850. The summed E-state index contributed by atoms with van der Waals surface area (Å²) >= 11 is 0. The van der Waals surface area contributed by atoms with Crippen molar-refractivity contribution < 1.29 is 14.0 Å². The number of carbonyl (C=O) groups excluding carboxylic acids is 2. The van der Waals surface area contributed by atoms with E-state index in [2.05, 4.69) is 10.3 Å². The second-order valence-corrected chi connectivity index (χ2v) is 8.63. The molecule has 5 heteroatoms. The lowest BCUT2D eigenvalue weighted by atomic mass is 9.86. The third-order valence-electron chi connectivity index (χ3n) is 5.97. The molecule has 1 saturated carbocycles. The van der Waals surface area contributed by atoms with Crippen LogP contribution in [0.25, 0.3) is 11.5 Å². The van der Waals surface area contributed by atoms with Gasteiger partial charge in [0.2, 0.25) is 11.8 Å². The number of aromatic nitrogens is 1. The number of benzene rings is 1. The zero-order chi connectivity index (χ0) is 21.3. The normalized spacial score (nSPS) is 14.6. The highest BCUT2D eigenvalue weighted by Crippen LogP contribution is 2.27. The number of nitrogens with zero attached hydrogens (tertiary/aromatic N) is 1. The molecule has 1 amide bonds. The maximum atomic E-state index is 12.3. The van der Waals surface area contributed by atoms with Crippen LogP contribution in [-0.4, -0.2) is 23.2 Å². The maximum absolute atomic E-state index is 12.3. The number of Topliss-reactive ketones (excluding diaryl/α,β-unsaturated/α-hetero) is 1. The Kier molecular flexibility index (Phi) is 8.23. The Labute approximate surface area is 179 Å². The van der Waals surface area contributed by atoms with E-state index in [1.54, 1.807) is 6.92 Å². The lowest BCUT2D eigenvalue weighted by Crippen LogP contribution is -2.27. The quantitative estimate of drug-likeness (QED) is 0.425. The largest absolute Gasteiger partial charge is 0.441 e. The van der Waals surface area contributed by atoms with Crippen LogP contribution in [-0.2, 0) is 16.0 Å². The molecule has 1 aromatic heterocycles. The second kappa shape index (κ2) is 11.1. The Hall–Kier alpha value is -2.43. The molecule has 0 bridgehead atoms. The van der Waals surface area contributed by atoms with Crippen molar-refractivity contribution in [2.45, 2.75) is 78.1 Å². The average Bonchev–Trinajstić information content (AvgIpc) is 3.08. The molecule has 0 atom stereocenters. The minimum atomic E-state index is -0.197. The number of amides is 1. The van der Waals surface area contributed by atoms with Gasteiger partial charge in [-0.05, 0) is 38.3 Å². The first-order valence-corrected chi connectivity index (χ1v) is 11.3. The molecular formula is C25H34N2O3. The summed E-state index contributed by atoms with van der Waals surface area (Å²) in [6, 6.07) is 7.90. The van der Waals surface area contributed by atoms with Crippen molar-refractivity contribution in [3.8, 4) is 11.5 Å². The Morgan fingerprint density at radius 1 is 1.13 bits per heavy atom. The van der Waals surface area contributed by atoms with Gasteiger partial charge in [-0.15, -0.1) is 0 Å². The number of hydrogen-bond donors (Lipinski definition) is 1. The van der Waals surface area contributed by atoms with Gasteiger partial charge in [0.25, 0.3) is 0 Å². The number of aryl methyl sites for hydroxylation is 2. The topological polar surface area (TPSA) is 72.2 Å². The summed E-state index contributed by atoms with van der Waals surface area (Å²) < 4.78 is 5.74. The van der Waals surface area contributed by atoms with Crippen LogP contribution in [0.4, 0.5) is 0 Å². The third-order valence-corrected chi connectivity index (χ3v) is 5.97. The Morgan fingerprint density at radius 2 is 1.93 bits per heavy atom. The highest BCUT2D eigenvalue weighted by molar-refractivity contribution is 5.98. The summed E-state index contributed by atoms with van der Waals surface area (Å²) in [6.45, 7) is 4.47. The predicted molar refractivity (Wildman–Crippen MR) is 118 cm³/mol. The lowest BCUT2D eigenvalue weighted by Gasteiger charge is -2.21. The van der Waals surface area contributed by atoms with Crippen LogP contribution in [0.15, 0.2) is 28.7 Å². The number of unbranched alkanes of at least 4 members (excludes halogenated alkanes) is 1. The molecule has 2 aromatic rings. The zero-order valence-corrected chi connectivity index (χ0v) is 18.3. The lowest BCUT2D eigenvalue weighted by molar-refractivity contribution is -0.127. The minimum absolute atomic E-state index is 0.102. The van der Waals surface area contributed by atoms with Crippen molar-refractivity contribution in [3.05, 3.63) is 41.3 Å². The number of oxazole rings is 1. The molecule has 0 radical (unpaired) electrons. The molecule has 1 fully saturated rings. The first kappa shape index (κ1) is 22.3. The molecule has 0 aliphatic heterocycles. The first-order chi connectivity index (χ1) is 14.5. The second-order valence-electron chi connectivity index (χ2n) is 8.63. The van der Waals surface area contributed by atoms with Gasteiger partial charge in [-0.2, -0.15) is 0 Å². The molecule has 0 unspecified atom stereocenters. The summed E-state index contributed by atoms with van der Waals surface area (Å²) in [5.41, 5.74) is 2.62. The summed E-state index contributed by atoms with van der Waals surface area (Å²) in [5, 5.41) is 2.89. The maximum Gasteiger partial charge on any atom is 0.227 e. The highest BCUT2D eigenvalue weighted by atomic mass is 16.4. The Balaban J connectivity index is 1.38. The van der Waals surface area contributed by atoms with Gasteiger partial charge >= 0.3 is 0 Å². The zero-order valence-electron chi connectivity index (χ0n) is 18.3. The molecule has 1 aromatic carbocycles. The predicted octanol–water partition coefficient (Wildman–Crippen LogP) is 5.33. The van der Waals surface area contributed by atoms with Crippen LogP contribution >= 0.6 is 0 Å². The smallest absolute Gasteiger partial charge is 0.227 e. The molecule has 0 spiro atoms. The van der Waals surface area contributed by atoms with Gasteiger partial charge in [0.05, 0.1) is 18.5 Å². The van der Waals surface area contributed by atoms with Crippen molar-refractivity contribution in [1.82, 2.24) is 10.3 Å². The summed E-state index contributed by atoms with van der Waals surface area (Å²) in [4.78, 5) is 28.9. The van der Waals surface area contributed by atoms with Gasteiger partial charge in [-0.3, -0.25) is 9.59 Å². The number of ketones is 1. The SMILES string of the molecule is Cc1cccc(-c2nc(CC(=O)CC(=O)NCCCCC3CCCCC3)c(C)o2)c1. The van der Waals surface area contributed by atoms with Crippen molar-refractivity contribution in [2.24, 2.45) is 5.92 Å². The molecule has 3 rings (SSSR count). The van der Waals surface area contributed by atoms with E-state index in [0.29, 0.717) is 23.9 Å². The number of rotatable bonds is 10. The molecule has 1 aliphatic rings. The van der Waals surface area contributed by atoms with Crippen LogP contribution in [0, 0.1) is 19.8 Å². The fourth-order valence-corrected chi connectivity index (χ4v) is 4.25. The van der Waals surface area contributed by atoms with Crippen LogP contribution < -0.4 is 5.32 Å². The minimum Gasteiger partial charge on any atom is -0.441 e. The summed E-state index contributed by atoms with van der Waals surface area (Å²) in [7, 11) is 0. The van der Waals surface area contributed by atoms with Gasteiger partial charge in [-0.1, -0.05) is 62.6 Å². The van der Waals surface area contributed by atoms with Crippen LogP contribution in [0.2, 0.25) is 0 Å². The van der Waals surface area contributed by atoms with E-state index in [4.69, 9.17) is 4.42 Å². The van der Waals surface area contributed by atoms with Crippen LogP contribution in [0.1, 0.15) is 74.8 Å². The van der Waals surface area contributed by atoms with Crippen LogP contribution in [0.5, 0.6) is 0 Å². The first-order valence-electron chi connectivity index (χ1n) is 11.3. The molecule has 30 heavy (non-hydrogen) atoms. The highest BCUT2D eigenvalue weighted by Gasteiger charge is 2.17. The molecule has 1 aliphatic carbocycles. The standard InChI is InChI=1S/C25H34N2O3/c1-18-9-8-13-21(15-18)25-27-23(19(2)30-25)16-22(28)17-24(29)26-14-7-6-12-20-10-4-3-5-11-20/h8-9,13,15,20H,3-7,10-12,14,16-17H2,1-2H3,(H,26,29). The summed E-state index contributed by atoms with van der Waals surface area (Å²) in [5.74, 6) is 1.69. The van der Waals surface area contributed by atoms with E-state index in [9.17, 15) is 9.59 Å². The third kappa shape index (κ3) is 6.82. The van der Waals surface area contributed by atoms with Gasteiger partial charge in [0.15, 0.2) is 0 Å². The number of nitrogens with one attached hydrogen (secondary N) is 1. The summed E-state index contributed by atoms with van der Waals surface area (Å²) in [6.07, 6.45) is 10.3. The molecular weight excluding hydrogens is 376 g/mol. The van der Waals surface area contributed by atoms with E-state index >= 15 is 0 Å². The monoisotopic (exact) mass is 410 g/mol. The van der Waals surface area contributed by atoms with Gasteiger partial charge < -0.3 is 9.73 Å². The number of hydrogen-bond acceptors (Lipinski definition) is 4. The van der Waals surface area contributed by atoms with E-state index < -0.39 is 0 Å². The van der Waals surface area contributed by atoms with Crippen LogP contribution in [0.3, 0.4) is 0 Å². The number of carbonyl (C=O) groups is 2. The molecule has 0 saturated heterocycles. The fourth-order valence-electron chi connectivity index (χ4n) is 4.25. The molecule has 1 heterocycles. The van der Waals surface area contributed by atoms with E-state index in [0.717, 1.165) is 29.9 Å². The van der Waals surface area contributed by atoms with E-state index in [1.165, 1.54) is 38.5 Å². The van der Waals surface area contributed by atoms with Crippen molar-refractivity contribution in [3.63, 3.8) is 0 Å². The van der Waals surface area contributed by atoms with Crippen molar-refractivity contribution >= 4 is 11.7 Å². The van der Waals surface area contributed by atoms with Crippen molar-refractivity contribution in [1.29, 1.82) is 0 Å². The van der Waals surface area contributed by atoms with Gasteiger partial charge in [-0.25, -0.2) is 4.98 Å². The molecule has 1 N–H and O–H groups in total. The van der Waals surface area contributed by atoms with E-state index in [-0.39, 0.29) is 24.5 Å². The average molecular weight is 411 g/mol. The van der Waals surface area contributed by atoms with E-state index in [1.807, 2.05) is 31.2 Å². The Morgan fingerprint density at radius 3 is 2.70 bits per heavy atom. The molecule has 5 nitrogen and oxygen atoms in total. The molecule has 162 valence electrons. The van der Waals surface area contributed by atoms with Gasteiger partial charge in [0, 0.05) is 12.1 Å². The van der Waals surface area contributed by atoms with Crippen molar-refractivity contribution in [2.75, 3.05) is 6.54 Å².